The minimum absolute atomic E-state index is 0.00977. The summed E-state index contributed by atoms with van der Waals surface area (Å²) in [6.07, 6.45) is 1.89. The van der Waals surface area contributed by atoms with Gasteiger partial charge in [0.2, 0.25) is 5.91 Å². The average Bonchev–Trinajstić information content (AvgIpc) is 2.38. The van der Waals surface area contributed by atoms with E-state index in [9.17, 15) is 4.79 Å². The molecule has 3 nitrogen and oxygen atoms in total. The first-order valence-corrected chi connectivity index (χ1v) is 7.67. The number of hydrogen-bond donors (Lipinski definition) is 2. The van der Waals surface area contributed by atoms with Gasteiger partial charge in [-0.05, 0) is 53.9 Å². The molecule has 0 aliphatic heterocycles. The van der Waals surface area contributed by atoms with E-state index in [1.807, 2.05) is 13.0 Å². The fourth-order valence-corrected chi connectivity index (χ4v) is 2.52. The standard InChI is InChI=1S/C14H20BrClN2O/c1-4-11(5-2)18-14(19)9(3)17-13-7-6-10(16)8-12(13)15/h6-9,11,17H,4-5H2,1-3H3,(H,18,19). The predicted octanol–water partition coefficient (Wildman–Crippen LogP) is 4.21. The van der Waals surface area contributed by atoms with E-state index in [0.29, 0.717) is 5.02 Å². The maximum Gasteiger partial charge on any atom is 0.242 e. The van der Waals surface area contributed by atoms with Crippen molar-refractivity contribution < 1.29 is 4.79 Å². The van der Waals surface area contributed by atoms with Crippen LogP contribution in [0, 0.1) is 0 Å². The van der Waals surface area contributed by atoms with Crippen molar-refractivity contribution in [1.29, 1.82) is 0 Å². The van der Waals surface area contributed by atoms with E-state index in [0.717, 1.165) is 23.0 Å². The van der Waals surface area contributed by atoms with E-state index in [2.05, 4.69) is 40.4 Å². The minimum atomic E-state index is -0.293. The molecule has 1 amide bonds. The van der Waals surface area contributed by atoms with E-state index >= 15 is 0 Å². The molecule has 5 heteroatoms. The molecule has 0 bridgehead atoms. The molecule has 0 saturated heterocycles. The van der Waals surface area contributed by atoms with Gasteiger partial charge in [-0.1, -0.05) is 25.4 Å². The molecule has 1 unspecified atom stereocenters. The number of anilines is 1. The third-order valence-electron chi connectivity index (χ3n) is 3.03. The second-order valence-electron chi connectivity index (χ2n) is 4.51. The maximum absolute atomic E-state index is 12.0. The number of amides is 1. The quantitative estimate of drug-likeness (QED) is 0.809. The summed E-state index contributed by atoms with van der Waals surface area (Å²) in [6.45, 7) is 5.99. The number of carbonyl (C=O) groups is 1. The van der Waals surface area contributed by atoms with Crippen molar-refractivity contribution in [1.82, 2.24) is 5.32 Å². The van der Waals surface area contributed by atoms with Crippen LogP contribution in [0.15, 0.2) is 22.7 Å². The van der Waals surface area contributed by atoms with Gasteiger partial charge in [0.05, 0.1) is 0 Å². The van der Waals surface area contributed by atoms with Crippen LogP contribution in [0.3, 0.4) is 0 Å². The summed E-state index contributed by atoms with van der Waals surface area (Å²) < 4.78 is 0.849. The Labute approximate surface area is 128 Å². The maximum atomic E-state index is 12.0. The van der Waals surface area contributed by atoms with Crippen LogP contribution >= 0.6 is 27.5 Å². The first kappa shape index (κ1) is 16.3. The molecule has 0 radical (unpaired) electrons. The van der Waals surface area contributed by atoms with Gasteiger partial charge in [0.15, 0.2) is 0 Å². The first-order valence-electron chi connectivity index (χ1n) is 6.49. The van der Waals surface area contributed by atoms with Crippen molar-refractivity contribution in [3.63, 3.8) is 0 Å². The molecule has 0 fully saturated rings. The molecular formula is C14H20BrClN2O. The molecule has 0 spiro atoms. The monoisotopic (exact) mass is 346 g/mol. The van der Waals surface area contributed by atoms with E-state index in [1.165, 1.54) is 0 Å². The van der Waals surface area contributed by atoms with Crippen molar-refractivity contribution >= 4 is 39.1 Å². The Morgan fingerprint density at radius 3 is 2.53 bits per heavy atom. The lowest BCUT2D eigenvalue weighted by molar-refractivity contribution is -0.122. The molecule has 0 aliphatic rings. The molecule has 1 rings (SSSR count). The van der Waals surface area contributed by atoms with Gasteiger partial charge in [0.1, 0.15) is 6.04 Å². The van der Waals surface area contributed by atoms with Gasteiger partial charge in [-0.25, -0.2) is 0 Å². The van der Waals surface area contributed by atoms with Crippen LogP contribution in [0.1, 0.15) is 33.6 Å². The number of rotatable bonds is 6. The molecule has 2 N–H and O–H groups in total. The highest BCUT2D eigenvalue weighted by Gasteiger charge is 2.16. The molecule has 0 aliphatic carbocycles. The number of hydrogen-bond acceptors (Lipinski definition) is 2. The highest BCUT2D eigenvalue weighted by Crippen LogP contribution is 2.26. The lowest BCUT2D eigenvalue weighted by Crippen LogP contribution is -2.42. The van der Waals surface area contributed by atoms with Crippen LogP contribution in [-0.2, 0) is 4.79 Å². The van der Waals surface area contributed by atoms with E-state index in [-0.39, 0.29) is 18.0 Å². The number of carbonyl (C=O) groups excluding carboxylic acids is 1. The third-order valence-corrected chi connectivity index (χ3v) is 3.92. The van der Waals surface area contributed by atoms with Crippen LogP contribution in [0.25, 0.3) is 0 Å². The van der Waals surface area contributed by atoms with Crippen molar-refractivity contribution in [2.45, 2.75) is 45.7 Å². The van der Waals surface area contributed by atoms with Gasteiger partial charge in [-0.3, -0.25) is 4.79 Å². The predicted molar refractivity (Wildman–Crippen MR) is 84.7 cm³/mol. The molecule has 19 heavy (non-hydrogen) atoms. The number of halogens is 2. The summed E-state index contributed by atoms with van der Waals surface area (Å²) in [5.74, 6) is 0.00977. The smallest absolute Gasteiger partial charge is 0.242 e. The topological polar surface area (TPSA) is 41.1 Å². The Balaban J connectivity index is 2.63. The van der Waals surface area contributed by atoms with Crippen molar-refractivity contribution in [2.75, 3.05) is 5.32 Å². The Morgan fingerprint density at radius 1 is 1.37 bits per heavy atom. The summed E-state index contributed by atoms with van der Waals surface area (Å²) in [7, 11) is 0. The van der Waals surface area contributed by atoms with Gasteiger partial charge in [-0.15, -0.1) is 0 Å². The number of benzene rings is 1. The molecule has 106 valence electrons. The van der Waals surface area contributed by atoms with Crippen LogP contribution in [-0.4, -0.2) is 18.0 Å². The third kappa shape index (κ3) is 5.03. The molecule has 0 heterocycles. The second kappa shape index (κ2) is 7.75. The molecule has 0 saturated carbocycles. The lowest BCUT2D eigenvalue weighted by Gasteiger charge is -2.20. The lowest BCUT2D eigenvalue weighted by atomic mass is 10.1. The van der Waals surface area contributed by atoms with Crippen molar-refractivity contribution in [3.05, 3.63) is 27.7 Å². The van der Waals surface area contributed by atoms with Gasteiger partial charge >= 0.3 is 0 Å². The van der Waals surface area contributed by atoms with Gasteiger partial charge < -0.3 is 10.6 Å². The Kier molecular flexibility index (Phi) is 6.66. The number of nitrogens with one attached hydrogen (secondary N) is 2. The zero-order valence-electron chi connectivity index (χ0n) is 11.5. The summed E-state index contributed by atoms with van der Waals surface area (Å²) in [6, 6.07) is 5.39. The van der Waals surface area contributed by atoms with Gasteiger partial charge in [-0.2, -0.15) is 0 Å². The van der Waals surface area contributed by atoms with Crippen molar-refractivity contribution in [3.8, 4) is 0 Å². The average molecular weight is 348 g/mol. The van der Waals surface area contributed by atoms with Gasteiger partial charge in [0, 0.05) is 21.2 Å². The SMILES string of the molecule is CCC(CC)NC(=O)C(C)Nc1ccc(Cl)cc1Br. The Morgan fingerprint density at radius 2 is 2.00 bits per heavy atom. The van der Waals surface area contributed by atoms with E-state index in [4.69, 9.17) is 11.6 Å². The fraction of sp³-hybridized carbons (Fsp3) is 0.500. The molecule has 1 aromatic rings. The fourth-order valence-electron chi connectivity index (χ4n) is 1.72. The minimum Gasteiger partial charge on any atom is -0.373 e. The van der Waals surface area contributed by atoms with E-state index < -0.39 is 0 Å². The zero-order valence-corrected chi connectivity index (χ0v) is 13.8. The highest BCUT2D eigenvalue weighted by atomic mass is 79.9. The normalized spacial score (nSPS) is 12.3. The summed E-state index contributed by atoms with van der Waals surface area (Å²) in [5, 5.41) is 6.86. The van der Waals surface area contributed by atoms with Crippen LogP contribution in [0.2, 0.25) is 5.02 Å². The molecule has 1 atom stereocenters. The molecule has 0 aromatic heterocycles. The highest BCUT2D eigenvalue weighted by molar-refractivity contribution is 9.10. The first-order chi connectivity index (χ1) is 8.97. The Hall–Kier alpha value is -0.740. The summed E-state index contributed by atoms with van der Waals surface area (Å²) in [5.41, 5.74) is 0.858. The van der Waals surface area contributed by atoms with Crippen LogP contribution in [0.4, 0.5) is 5.69 Å². The zero-order chi connectivity index (χ0) is 14.4. The largest absolute Gasteiger partial charge is 0.373 e. The van der Waals surface area contributed by atoms with Gasteiger partial charge in [0.25, 0.3) is 0 Å². The Bertz CT molecular complexity index is 435. The van der Waals surface area contributed by atoms with Crippen LogP contribution < -0.4 is 10.6 Å². The van der Waals surface area contributed by atoms with E-state index in [1.54, 1.807) is 12.1 Å². The van der Waals surface area contributed by atoms with Crippen LogP contribution in [0.5, 0.6) is 0 Å². The van der Waals surface area contributed by atoms with Crippen molar-refractivity contribution in [2.24, 2.45) is 0 Å². The molecule has 1 aromatic carbocycles. The second-order valence-corrected chi connectivity index (χ2v) is 5.80. The molecular weight excluding hydrogens is 328 g/mol. The summed E-state index contributed by atoms with van der Waals surface area (Å²) >= 11 is 9.31. The summed E-state index contributed by atoms with van der Waals surface area (Å²) in [4.78, 5) is 12.0.